The van der Waals surface area contributed by atoms with Gasteiger partial charge in [0.2, 0.25) is 0 Å². The van der Waals surface area contributed by atoms with Crippen LogP contribution >= 0.6 is 11.6 Å². The SMILES string of the molecule is COC(=O)COc1ccccc1[C@H]1CC(=O)Oc2ccc(C(=O)c3ccc(Cl)cc3)c(O)c21. The van der Waals surface area contributed by atoms with Crippen molar-refractivity contribution in [3.05, 3.63) is 87.9 Å². The molecule has 0 amide bonds. The van der Waals surface area contributed by atoms with Gasteiger partial charge in [0.1, 0.15) is 17.2 Å². The van der Waals surface area contributed by atoms with Crippen molar-refractivity contribution < 1.29 is 33.7 Å². The molecule has 0 radical (unpaired) electrons. The maximum Gasteiger partial charge on any atom is 0.343 e. The molecule has 0 unspecified atom stereocenters. The van der Waals surface area contributed by atoms with E-state index in [1.165, 1.54) is 19.2 Å². The van der Waals surface area contributed by atoms with Crippen LogP contribution in [0, 0.1) is 0 Å². The average molecular weight is 467 g/mol. The number of rotatable bonds is 6. The van der Waals surface area contributed by atoms with Gasteiger partial charge in [0.25, 0.3) is 0 Å². The Labute approximate surface area is 194 Å². The first-order valence-corrected chi connectivity index (χ1v) is 10.4. The highest BCUT2D eigenvalue weighted by Crippen LogP contribution is 2.47. The standard InChI is InChI=1S/C25H19ClO7/c1-31-22(28)13-32-19-5-3-2-4-16(19)18-12-21(27)33-20-11-10-17(25(30)23(18)20)24(29)14-6-8-15(26)9-7-14/h2-11,18,30H,12-13H2,1H3/t18-/m1/s1. The molecular weight excluding hydrogens is 448 g/mol. The smallest absolute Gasteiger partial charge is 0.343 e. The molecule has 0 bridgehead atoms. The Morgan fingerprint density at radius 1 is 1.09 bits per heavy atom. The van der Waals surface area contributed by atoms with Gasteiger partial charge in [-0.1, -0.05) is 29.8 Å². The number of phenols is 1. The number of fused-ring (bicyclic) bond motifs is 1. The summed E-state index contributed by atoms with van der Waals surface area (Å²) in [5, 5.41) is 11.6. The van der Waals surface area contributed by atoms with Crippen molar-refractivity contribution in [2.24, 2.45) is 0 Å². The lowest BCUT2D eigenvalue weighted by atomic mass is 9.83. The lowest BCUT2D eigenvalue weighted by Gasteiger charge is -2.27. The molecule has 0 aromatic heterocycles. The number of halogens is 1. The molecule has 0 spiro atoms. The first-order chi connectivity index (χ1) is 15.9. The van der Waals surface area contributed by atoms with Crippen LogP contribution in [0.4, 0.5) is 0 Å². The summed E-state index contributed by atoms with van der Waals surface area (Å²) < 4.78 is 15.6. The minimum atomic E-state index is -0.659. The van der Waals surface area contributed by atoms with Gasteiger partial charge in [0.15, 0.2) is 12.4 Å². The number of phenolic OH excluding ortho intramolecular Hbond substituents is 1. The third kappa shape index (κ3) is 4.54. The van der Waals surface area contributed by atoms with Crippen molar-refractivity contribution in [2.45, 2.75) is 12.3 Å². The monoisotopic (exact) mass is 466 g/mol. The topological polar surface area (TPSA) is 99.1 Å². The van der Waals surface area contributed by atoms with Crippen molar-refractivity contribution in [3.63, 3.8) is 0 Å². The van der Waals surface area contributed by atoms with Gasteiger partial charge in [0.05, 0.1) is 19.1 Å². The Morgan fingerprint density at radius 3 is 2.55 bits per heavy atom. The molecule has 1 N–H and O–H groups in total. The summed E-state index contributed by atoms with van der Waals surface area (Å²) in [4.78, 5) is 36.9. The molecule has 0 fully saturated rings. The quantitative estimate of drug-likeness (QED) is 0.329. The van der Waals surface area contributed by atoms with E-state index in [0.29, 0.717) is 27.5 Å². The molecule has 8 heteroatoms. The summed E-state index contributed by atoms with van der Waals surface area (Å²) in [6, 6.07) is 16.1. The van der Waals surface area contributed by atoms with Crippen LogP contribution in [0.25, 0.3) is 0 Å². The Balaban J connectivity index is 1.78. The van der Waals surface area contributed by atoms with Crippen molar-refractivity contribution in [3.8, 4) is 17.2 Å². The zero-order chi connectivity index (χ0) is 23.5. The van der Waals surface area contributed by atoms with Crippen LogP contribution in [0.3, 0.4) is 0 Å². The second-order valence-corrected chi connectivity index (χ2v) is 7.78. The fourth-order valence-corrected chi connectivity index (χ4v) is 3.88. The summed E-state index contributed by atoms with van der Waals surface area (Å²) in [5.41, 5.74) is 1.27. The number of esters is 2. The summed E-state index contributed by atoms with van der Waals surface area (Å²) in [6.45, 7) is -0.321. The van der Waals surface area contributed by atoms with Gasteiger partial charge in [-0.25, -0.2) is 4.79 Å². The summed E-state index contributed by atoms with van der Waals surface area (Å²) in [6.07, 6.45) is -0.0856. The number of methoxy groups -OCH3 is 1. The first kappa shape index (κ1) is 22.4. The summed E-state index contributed by atoms with van der Waals surface area (Å²) >= 11 is 5.91. The van der Waals surface area contributed by atoms with Crippen LogP contribution in [-0.4, -0.2) is 36.5 Å². The minimum absolute atomic E-state index is 0.0620. The number of carbonyl (C=O) groups is 3. The molecule has 3 aromatic carbocycles. The predicted molar refractivity (Wildman–Crippen MR) is 119 cm³/mol. The van der Waals surface area contributed by atoms with Gasteiger partial charge in [-0.3, -0.25) is 9.59 Å². The zero-order valence-corrected chi connectivity index (χ0v) is 18.3. The molecule has 1 aliphatic rings. The normalized spacial score (nSPS) is 14.7. The molecule has 168 valence electrons. The van der Waals surface area contributed by atoms with Crippen LogP contribution in [-0.2, 0) is 14.3 Å². The van der Waals surface area contributed by atoms with Crippen molar-refractivity contribution >= 4 is 29.3 Å². The predicted octanol–water partition coefficient (Wildman–Crippen LogP) is 4.27. The Kier molecular flexibility index (Phi) is 6.33. The number of aromatic hydroxyl groups is 1. The fourth-order valence-electron chi connectivity index (χ4n) is 3.75. The molecule has 0 aliphatic carbocycles. The number of benzene rings is 3. The minimum Gasteiger partial charge on any atom is -0.507 e. The highest BCUT2D eigenvalue weighted by atomic mass is 35.5. The molecule has 33 heavy (non-hydrogen) atoms. The van der Waals surface area contributed by atoms with Gasteiger partial charge >= 0.3 is 11.9 Å². The summed E-state index contributed by atoms with van der Waals surface area (Å²) in [5.74, 6) is -1.90. The first-order valence-electron chi connectivity index (χ1n) is 10.0. The number of ether oxygens (including phenoxy) is 3. The van der Waals surface area contributed by atoms with E-state index in [4.69, 9.17) is 21.1 Å². The van der Waals surface area contributed by atoms with E-state index < -0.39 is 23.6 Å². The van der Waals surface area contributed by atoms with Gasteiger partial charge in [0, 0.05) is 27.6 Å². The lowest BCUT2D eigenvalue weighted by Crippen LogP contribution is -2.22. The van der Waals surface area contributed by atoms with E-state index in [-0.39, 0.29) is 30.1 Å². The molecule has 1 atom stereocenters. The number of hydrogen-bond acceptors (Lipinski definition) is 7. The second-order valence-electron chi connectivity index (χ2n) is 7.34. The van der Waals surface area contributed by atoms with Crippen LogP contribution < -0.4 is 9.47 Å². The van der Waals surface area contributed by atoms with Crippen LogP contribution in [0.15, 0.2) is 60.7 Å². The maximum atomic E-state index is 13.1. The number of para-hydroxylation sites is 1. The van der Waals surface area contributed by atoms with Gasteiger partial charge < -0.3 is 19.3 Å². The van der Waals surface area contributed by atoms with Crippen molar-refractivity contribution in [1.29, 1.82) is 0 Å². The largest absolute Gasteiger partial charge is 0.507 e. The van der Waals surface area contributed by atoms with E-state index in [0.717, 1.165) is 0 Å². The van der Waals surface area contributed by atoms with Gasteiger partial charge in [-0.2, -0.15) is 0 Å². The van der Waals surface area contributed by atoms with Crippen molar-refractivity contribution in [2.75, 3.05) is 13.7 Å². The Morgan fingerprint density at radius 2 is 1.82 bits per heavy atom. The molecule has 1 heterocycles. The van der Waals surface area contributed by atoms with Gasteiger partial charge in [-0.05, 0) is 42.5 Å². The van der Waals surface area contributed by atoms with Crippen LogP contribution in [0.5, 0.6) is 17.2 Å². The number of carbonyl (C=O) groups excluding carboxylic acids is 3. The highest BCUT2D eigenvalue weighted by molar-refractivity contribution is 6.30. The van der Waals surface area contributed by atoms with E-state index in [1.54, 1.807) is 48.5 Å². The van der Waals surface area contributed by atoms with Crippen LogP contribution in [0.2, 0.25) is 5.02 Å². The molecular formula is C25H19ClO7. The van der Waals surface area contributed by atoms with Crippen LogP contribution in [0.1, 0.15) is 39.4 Å². The number of hydrogen-bond donors (Lipinski definition) is 1. The Bertz CT molecular complexity index is 1230. The van der Waals surface area contributed by atoms with Crippen molar-refractivity contribution in [1.82, 2.24) is 0 Å². The maximum absolute atomic E-state index is 13.1. The van der Waals surface area contributed by atoms with E-state index in [9.17, 15) is 19.5 Å². The zero-order valence-electron chi connectivity index (χ0n) is 17.5. The van der Waals surface area contributed by atoms with E-state index in [1.807, 2.05) is 0 Å². The summed E-state index contributed by atoms with van der Waals surface area (Å²) in [7, 11) is 1.25. The second kappa shape index (κ2) is 9.34. The van der Waals surface area contributed by atoms with Gasteiger partial charge in [-0.15, -0.1) is 0 Å². The molecule has 1 aliphatic heterocycles. The van der Waals surface area contributed by atoms with E-state index >= 15 is 0 Å². The third-order valence-electron chi connectivity index (χ3n) is 5.34. The molecule has 3 aromatic rings. The van der Waals surface area contributed by atoms with E-state index in [2.05, 4.69) is 4.74 Å². The molecule has 0 saturated heterocycles. The third-order valence-corrected chi connectivity index (χ3v) is 5.59. The molecule has 7 nitrogen and oxygen atoms in total. The Hall–Kier alpha value is -3.84. The highest BCUT2D eigenvalue weighted by Gasteiger charge is 2.35. The lowest BCUT2D eigenvalue weighted by molar-refractivity contribution is -0.143. The number of ketones is 1. The molecule has 4 rings (SSSR count). The average Bonchev–Trinajstić information content (AvgIpc) is 2.82. The molecule has 0 saturated carbocycles. The fraction of sp³-hybridized carbons (Fsp3) is 0.160.